The number of carbonyl (C=O) groups is 2. The average Bonchev–Trinajstić information content (AvgIpc) is 3.34. The zero-order valence-electron chi connectivity index (χ0n) is 15.7. The van der Waals surface area contributed by atoms with Gasteiger partial charge in [0.1, 0.15) is 0 Å². The van der Waals surface area contributed by atoms with Crippen molar-refractivity contribution in [3.8, 4) is 0 Å². The van der Waals surface area contributed by atoms with Crippen molar-refractivity contribution in [2.75, 3.05) is 39.3 Å². The molecule has 4 atom stereocenters. The summed E-state index contributed by atoms with van der Waals surface area (Å²) in [6.07, 6.45) is 7.54. The standard InChI is InChI=1S/C19H33N5O2/c20-17-5-4-8-24(17)18(25)11-21-16-9-14-12-23(13-15(14)10-16)19(26)22-6-2-1-3-7-22/h14-17,21H,1-13,20H2/t14-,15+,16-,17-/m0/s1. The normalized spacial score (nSPS) is 34.4. The highest BCUT2D eigenvalue weighted by atomic mass is 16.2. The SMILES string of the molecule is N[C@@H]1CCCN1C(=O)CN[C@@H]1C[C@@H]2CN(C(=O)N3CCCCC3)C[C@@H]2C1. The number of hydrogen-bond donors (Lipinski definition) is 2. The van der Waals surface area contributed by atoms with Crippen molar-refractivity contribution < 1.29 is 9.59 Å². The van der Waals surface area contributed by atoms with Crippen LogP contribution in [0.5, 0.6) is 0 Å². The summed E-state index contributed by atoms with van der Waals surface area (Å²) in [6.45, 7) is 4.83. The van der Waals surface area contributed by atoms with Crippen LogP contribution in [0.4, 0.5) is 4.79 Å². The van der Waals surface area contributed by atoms with Gasteiger partial charge < -0.3 is 25.8 Å². The smallest absolute Gasteiger partial charge is 0.320 e. The molecule has 1 aliphatic carbocycles. The number of likely N-dealkylation sites (tertiary alicyclic amines) is 3. The first-order valence-electron chi connectivity index (χ1n) is 10.4. The predicted molar refractivity (Wildman–Crippen MR) is 99.3 cm³/mol. The third-order valence-electron chi connectivity index (χ3n) is 6.81. The highest BCUT2D eigenvalue weighted by molar-refractivity contribution is 5.78. The van der Waals surface area contributed by atoms with Crippen LogP contribution >= 0.6 is 0 Å². The Kier molecular flexibility index (Phi) is 5.36. The fourth-order valence-electron chi connectivity index (χ4n) is 5.34. The molecule has 7 nitrogen and oxygen atoms in total. The van der Waals surface area contributed by atoms with Crippen LogP contribution in [-0.2, 0) is 4.79 Å². The molecule has 0 bridgehead atoms. The third-order valence-corrected chi connectivity index (χ3v) is 6.81. The summed E-state index contributed by atoms with van der Waals surface area (Å²) in [7, 11) is 0. The summed E-state index contributed by atoms with van der Waals surface area (Å²) in [4.78, 5) is 30.9. The quantitative estimate of drug-likeness (QED) is 0.777. The van der Waals surface area contributed by atoms with Crippen LogP contribution in [0.15, 0.2) is 0 Å². The summed E-state index contributed by atoms with van der Waals surface area (Å²) < 4.78 is 0. The van der Waals surface area contributed by atoms with Crippen molar-refractivity contribution in [3.05, 3.63) is 0 Å². The fourth-order valence-corrected chi connectivity index (χ4v) is 5.34. The van der Waals surface area contributed by atoms with Crippen LogP contribution < -0.4 is 11.1 Å². The number of fused-ring (bicyclic) bond motifs is 1. The van der Waals surface area contributed by atoms with Crippen molar-refractivity contribution in [1.82, 2.24) is 20.0 Å². The summed E-state index contributed by atoms with van der Waals surface area (Å²) in [5, 5.41) is 3.45. The highest BCUT2D eigenvalue weighted by Crippen LogP contribution is 2.38. The lowest BCUT2D eigenvalue weighted by molar-refractivity contribution is -0.131. The van der Waals surface area contributed by atoms with Crippen LogP contribution in [-0.4, -0.2) is 78.1 Å². The maximum absolute atomic E-state index is 12.7. The molecular weight excluding hydrogens is 330 g/mol. The molecule has 3 saturated heterocycles. The molecule has 0 aromatic rings. The van der Waals surface area contributed by atoms with E-state index < -0.39 is 0 Å². The molecule has 3 amide bonds. The van der Waals surface area contributed by atoms with Crippen LogP contribution in [0.2, 0.25) is 0 Å². The molecule has 4 fully saturated rings. The Labute approximate surface area is 156 Å². The molecule has 7 heteroatoms. The molecule has 4 rings (SSSR count). The Morgan fingerprint density at radius 1 is 0.923 bits per heavy atom. The number of amides is 3. The number of carbonyl (C=O) groups excluding carboxylic acids is 2. The Morgan fingerprint density at radius 2 is 1.62 bits per heavy atom. The van der Waals surface area contributed by atoms with Crippen LogP contribution in [0.25, 0.3) is 0 Å². The van der Waals surface area contributed by atoms with Crippen LogP contribution in [0, 0.1) is 11.8 Å². The Bertz CT molecular complexity index is 522. The summed E-state index contributed by atoms with van der Waals surface area (Å²) in [5.74, 6) is 1.31. The number of nitrogens with one attached hydrogen (secondary N) is 1. The van der Waals surface area contributed by atoms with Gasteiger partial charge in [-0.3, -0.25) is 4.79 Å². The predicted octanol–water partition coefficient (Wildman–Crippen LogP) is 0.800. The maximum Gasteiger partial charge on any atom is 0.320 e. The van der Waals surface area contributed by atoms with Gasteiger partial charge in [0.25, 0.3) is 0 Å². The minimum absolute atomic E-state index is 0.0957. The Balaban J connectivity index is 1.21. The summed E-state index contributed by atoms with van der Waals surface area (Å²) >= 11 is 0. The molecule has 4 aliphatic rings. The molecule has 3 aliphatic heterocycles. The molecule has 3 N–H and O–H groups in total. The molecule has 0 unspecified atom stereocenters. The van der Waals surface area contributed by atoms with Crippen LogP contribution in [0.3, 0.4) is 0 Å². The first-order valence-corrected chi connectivity index (χ1v) is 10.4. The molecule has 0 aromatic heterocycles. The monoisotopic (exact) mass is 363 g/mol. The molecule has 0 radical (unpaired) electrons. The zero-order chi connectivity index (χ0) is 18.1. The lowest BCUT2D eigenvalue weighted by Crippen LogP contribution is -2.47. The number of hydrogen-bond acceptors (Lipinski definition) is 4. The largest absolute Gasteiger partial charge is 0.326 e. The molecule has 3 heterocycles. The van der Waals surface area contributed by atoms with Crippen molar-refractivity contribution in [3.63, 3.8) is 0 Å². The van der Waals surface area contributed by atoms with Gasteiger partial charge in [-0.1, -0.05) is 0 Å². The minimum atomic E-state index is -0.0957. The Hall–Kier alpha value is -1.34. The van der Waals surface area contributed by atoms with Crippen LogP contribution in [0.1, 0.15) is 44.9 Å². The number of piperidine rings is 1. The molecule has 0 aromatic carbocycles. The molecule has 1 saturated carbocycles. The average molecular weight is 364 g/mol. The molecular formula is C19H33N5O2. The van der Waals surface area contributed by atoms with Gasteiger partial charge in [0.2, 0.25) is 5.91 Å². The van der Waals surface area contributed by atoms with E-state index in [9.17, 15) is 9.59 Å². The van der Waals surface area contributed by atoms with Crippen molar-refractivity contribution >= 4 is 11.9 Å². The van der Waals surface area contributed by atoms with E-state index in [1.165, 1.54) is 6.42 Å². The molecule has 146 valence electrons. The van der Waals surface area contributed by atoms with Gasteiger partial charge in [0.15, 0.2) is 0 Å². The molecule has 26 heavy (non-hydrogen) atoms. The van der Waals surface area contributed by atoms with Gasteiger partial charge in [-0.15, -0.1) is 0 Å². The summed E-state index contributed by atoms with van der Waals surface area (Å²) in [6, 6.07) is 0.654. The first kappa shape index (κ1) is 18.0. The maximum atomic E-state index is 12.7. The van der Waals surface area contributed by atoms with E-state index in [2.05, 4.69) is 10.2 Å². The number of nitrogens with two attached hydrogens (primary N) is 1. The third kappa shape index (κ3) is 3.69. The van der Waals surface area contributed by atoms with Gasteiger partial charge >= 0.3 is 6.03 Å². The second-order valence-corrected chi connectivity index (χ2v) is 8.60. The lowest BCUT2D eigenvalue weighted by Gasteiger charge is -2.31. The van der Waals surface area contributed by atoms with Gasteiger partial charge in [-0.2, -0.15) is 0 Å². The van der Waals surface area contributed by atoms with E-state index in [-0.39, 0.29) is 18.1 Å². The van der Waals surface area contributed by atoms with Gasteiger partial charge in [0.05, 0.1) is 12.7 Å². The van der Waals surface area contributed by atoms with Gasteiger partial charge in [0, 0.05) is 38.8 Å². The number of rotatable bonds is 3. The van der Waals surface area contributed by atoms with E-state index in [1.807, 2.05) is 9.80 Å². The topological polar surface area (TPSA) is 81.9 Å². The number of urea groups is 1. The van der Waals surface area contributed by atoms with Crippen molar-refractivity contribution in [1.29, 1.82) is 0 Å². The lowest BCUT2D eigenvalue weighted by atomic mass is 10.0. The van der Waals surface area contributed by atoms with E-state index in [4.69, 9.17) is 5.73 Å². The van der Waals surface area contributed by atoms with Gasteiger partial charge in [-0.05, 0) is 56.8 Å². The molecule has 0 spiro atoms. The van der Waals surface area contributed by atoms with Crippen molar-refractivity contribution in [2.24, 2.45) is 17.6 Å². The zero-order valence-corrected chi connectivity index (χ0v) is 15.7. The summed E-state index contributed by atoms with van der Waals surface area (Å²) in [5.41, 5.74) is 5.98. The van der Waals surface area contributed by atoms with E-state index in [0.29, 0.717) is 24.4 Å². The second-order valence-electron chi connectivity index (χ2n) is 8.60. The fraction of sp³-hybridized carbons (Fsp3) is 0.895. The number of nitrogens with zero attached hydrogens (tertiary/aromatic N) is 3. The Morgan fingerprint density at radius 3 is 2.23 bits per heavy atom. The van der Waals surface area contributed by atoms with Crippen molar-refractivity contribution in [2.45, 2.75) is 57.2 Å². The first-order chi connectivity index (χ1) is 12.6. The van der Waals surface area contributed by atoms with E-state index >= 15 is 0 Å². The highest BCUT2D eigenvalue weighted by Gasteiger charge is 2.43. The van der Waals surface area contributed by atoms with E-state index in [1.54, 1.807) is 0 Å². The minimum Gasteiger partial charge on any atom is -0.326 e. The second kappa shape index (κ2) is 7.72. The van der Waals surface area contributed by atoms with Gasteiger partial charge in [-0.25, -0.2) is 4.79 Å². The van der Waals surface area contributed by atoms with E-state index in [0.717, 1.165) is 71.2 Å².